The van der Waals surface area contributed by atoms with E-state index in [9.17, 15) is 0 Å². The molecule has 4 aromatic heterocycles. The lowest BCUT2D eigenvalue weighted by Gasteiger charge is -2.12. The van der Waals surface area contributed by atoms with Crippen molar-refractivity contribution in [3.63, 3.8) is 0 Å². The van der Waals surface area contributed by atoms with Crippen molar-refractivity contribution in [2.75, 3.05) is 0 Å². The van der Waals surface area contributed by atoms with E-state index in [4.69, 9.17) is 24.4 Å². The summed E-state index contributed by atoms with van der Waals surface area (Å²) in [7, 11) is 0. The van der Waals surface area contributed by atoms with Gasteiger partial charge in [0.25, 0.3) is 0 Å². The van der Waals surface area contributed by atoms with Gasteiger partial charge in [0.15, 0.2) is 17.5 Å². The van der Waals surface area contributed by atoms with Gasteiger partial charge in [0, 0.05) is 64.1 Å². The highest BCUT2D eigenvalue weighted by molar-refractivity contribution is 7.26. The Morgan fingerprint density at radius 3 is 1.72 bits per heavy atom. The lowest BCUT2D eigenvalue weighted by atomic mass is 9.97. The first-order valence-electron chi connectivity index (χ1n) is 20.0. The zero-order chi connectivity index (χ0) is 39.6. The Morgan fingerprint density at radius 1 is 0.367 bits per heavy atom. The molecule has 280 valence electrons. The van der Waals surface area contributed by atoms with Crippen molar-refractivity contribution in [3.8, 4) is 67.7 Å². The van der Waals surface area contributed by atoms with E-state index >= 15 is 0 Å². The van der Waals surface area contributed by atoms with Crippen LogP contribution in [0.3, 0.4) is 0 Å². The van der Waals surface area contributed by atoms with Gasteiger partial charge < -0.3 is 4.42 Å². The lowest BCUT2D eigenvalue weighted by molar-refractivity contribution is 0.670. The van der Waals surface area contributed by atoms with E-state index in [-0.39, 0.29) is 0 Å². The van der Waals surface area contributed by atoms with Crippen LogP contribution in [0.1, 0.15) is 0 Å². The molecule has 0 radical (unpaired) electrons. The molecule has 4 heterocycles. The molecule has 0 N–H and O–H groups in total. The van der Waals surface area contributed by atoms with Crippen LogP contribution in [0.4, 0.5) is 0 Å². The molecular weight excluding hydrogens is 753 g/mol. The van der Waals surface area contributed by atoms with E-state index in [1.807, 2.05) is 84.1 Å². The van der Waals surface area contributed by atoms with Crippen molar-refractivity contribution in [1.82, 2.24) is 19.9 Å². The molecule has 0 amide bonds. The van der Waals surface area contributed by atoms with Gasteiger partial charge in [0.1, 0.15) is 11.2 Å². The smallest absolute Gasteiger partial charge is 0.164 e. The number of benzene rings is 8. The largest absolute Gasteiger partial charge is 0.455 e. The monoisotopic (exact) mass is 784 g/mol. The van der Waals surface area contributed by atoms with Gasteiger partial charge in [-0.05, 0) is 41.0 Å². The fourth-order valence-corrected chi connectivity index (χ4v) is 9.65. The number of fused-ring (bicyclic) bond motifs is 8. The number of aromatic nitrogens is 4. The molecule has 6 heteroatoms. The van der Waals surface area contributed by atoms with Crippen molar-refractivity contribution in [2.24, 2.45) is 0 Å². The zero-order valence-electron chi connectivity index (χ0n) is 32.1. The molecule has 0 aliphatic rings. The molecule has 12 rings (SSSR count). The summed E-state index contributed by atoms with van der Waals surface area (Å²) in [6.45, 7) is 0. The van der Waals surface area contributed by atoms with Crippen molar-refractivity contribution < 1.29 is 4.42 Å². The molecule has 8 aromatic carbocycles. The van der Waals surface area contributed by atoms with Crippen molar-refractivity contribution in [1.29, 1.82) is 0 Å². The average molecular weight is 785 g/mol. The molecule has 0 aliphatic heterocycles. The summed E-state index contributed by atoms with van der Waals surface area (Å²) >= 11 is 1.82. The van der Waals surface area contributed by atoms with Crippen LogP contribution in [0.5, 0.6) is 0 Å². The minimum atomic E-state index is 0.610. The number of hydrogen-bond acceptors (Lipinski definition) is 6. The number of para-hydroxylation sites is 2. The molecule has 0 unspecified atom stereocenters. The third kappa shape index (κ3) is 5.76. The van der Waals surface area contributed by atoms with E-state index in [0.29, 0.717) is 17.5 Å². The highest BCUT2D eigenvalue weighted by atomic mass is 32.1. The van der Waals surface area contributed by atoms with Gasteiger partial charge in [0.05, 0.1) is 11.2 Å². The fraction of sp³-hybridized carbons (Fsp3) is 0. The molecule has 60 heavy (non-hydrogen) atoms. The van der Waals surface area contributed by atoms with Gasteiger partial charge in [-0.2, -0.15) is 0 Å². The maximum atomic E-state index is 6.37. The Hall–Kier alpha value is -7.80. The van der Waals surface area contributed by atoms with E-state index < -0.39 is 0 Å². The van der Waals surface area contributed by atoms with E-state index in [0.717, 1.165) is 88.4 Å². The summed E-state index contributed by atoms with van der Waals surface area (Å²) < 4.78 is 8.82. The molecule has 0 bridgehead atoms. The van der Waals surface area contributed by atoms with Crippen LogP contribution in [-0.4, -0.2) is 19.9 Å². The predicted molar refractivity (Wildman–Crippen MR) is 248 cm³/mol. The highest BCUT2D eigenvalue weighted by Gasteiger charge is 2.19. The summed E-state index contributed by atoms with van der Waals surface area (Å²) in [5, 5.41) is 5.75. The molecule has 5 nitrogen and oxygen atoms in total. The number of nitrogens with zero attached hydrogens (tertiary/aromatic N) is 4. The van der Waals surface area contributed by atoms with Crippen molar-refractivity contribution >= 4 is 64.4 Å². The second-order valence-electron chi connectivity index (χ2n) is 15.0. The molecule has 0 fully saturated rings. The van der Waals surface area contributed by atoms with Crippen molar-refractivity contribution in [3.05, 3.63) is 194 Å². The molecule has 0 saturated heterocycles. The standard InChI is InChI=1S/C54H32N4OS/c1-3-13-35(14-4-1)52-56-53(36-15-5-2-6-16-36)58-54(57-52)39-18-11-17-38(31-39)49-48-44-20-8-10-24-47(44)60-51(48)43-30-29-37(32-45(43)55-49)33-25-27-34(28-26-33)40-21-12-22-42-41-19-7-9-23-46(41)59-50(40)42/h1-32H. The Bertz CT molecular complexity index is 3540. The third-order valence-corrected chi connectivity index (χ3v) is 12.5. The molecular formula is C54H32N4OS. The molecule has 0 spiro atoms. The first-order valence-corrected chi connectivity index (χ1v) is 20.8. The van der Waals surface area contributed by atoms with Crippen LogP contribution in [0, 0.1) is 0 Å². The van der Waals surface area contributed by atoms with E-state index in [1.165, 1.54) is 14.8 Å². The normalized spacial score (nSPS) is 11.7. The molecule has 0 saturated carbocycles. The Morgan fingerprint density at radius 2 is 0.950 bits per heavy atom. The molecule has 12 aromatic rings. The minimum Gasteiger partial charge on any atom is -0.455 e. The van der Waals surface area contributed by atoms with E-state index in [1.54, 1.807) is 0 Å². The van der Waals surface area contributed by atoms with Crippen LogP contribution in [0.15, 0.2) is 199 Å². The van der Waals surface area contributed by atoms with Crippen LogP contribution in [-0.2, 0) is 0 Å². The summed E-state index contributed by atoms with van der Waals surface area (Å²) in [6, 6.07) is 67.3. The van der Waals surface area contributed by atoms with Crippen LogP contribution < -0.4 is 0 Å². The second-order valence-corrected chi connectivity index (χ2v) is 16.0. The summed E-state index contributed by atoms with van der Waals surface area (Å²) in [5.41, 5.74) is 11.9. The quantitative estimate of drug-likeness (QED) is 0.168. The number of hydrogen-bond donors (Lipinski definition) is 0. The van der Waals surface area contributed by atoms with Gasteiger partial charge >= 0.3 is 0 Å². The summed E-state index contributed by atoms with van der Waals surface area (Å²) in [5.74, 6) is 1.87. The molecule has 0 aliphatic carbocycles. The topological polar surface area (TPSA) is 64.7 Å². The first-order chi connectivity index (χ1) is 29.7. The van der Waals surface area contributed by atoms with Crippen LogP contribution in [0.2, 0.25) is 0 Å². The summed E-state index contributed by atoms with van der Waals surface area (Å²) in [6.07, 6.45) is 0. The van der Waals surface area contributed by atoms with Gasteiger partial charge in [-0.25, -0.2) is 19.9 Å². The average Bonchev–Trinajstić information content (AvgIpc) is 3.91. The first kappa shape index (κ1) is 34.3. The second kappa shape index (κ2) is 13.9. The van der Waals surface area contributed by atoms with Gasteiger partial charge in [0.2, 0.25) is 0 Å². The molecule has 0 atom stereocenters. The van der Waals surface area contributed by atoms with Crippen LogP contribution in [0.25, 0.3) is 121 Å². The predicted octanol–water partition coefficient (Wildman–Crippen LogP) is 14.7. The Labute approximate surface area is 348 Å². The zero-order valence-corrected chi connectivity index (χ0v) is 32.9. The van der Waals surface area contributed by atoms with Gasteiger partial charge in [-0.15, -0.1) is 11.3 Å². The van der Waals surface area contributed by atoms with Gasteiger partial charge in [-0.3, -0.25) is 0 Å². The number of rotatable bonds is 6. The Balaban J connectivity index is 0.985. The summed E-state index contributed by atoms with van der Waals surface area (Å²) in [4.78, 5) is 20.5. The number of furan rings is 1. The van der Waals surface area contributed by atoms with Gasteiger partial charge in [-0.1, -0.05) is 170 Å². The fourth-order valence-electron chi connectivity index (χ4n) is 8.41. The van der Waals surface area contributed by atoms with Crippen molar-refractivity contribution in [2.45, 2.75) is 0 Å². The SMILES string of the molecule is c1ccc(-c2nc(-c3ccccc3)nc(-c3cccc(-c4nc5cc(-c6ccc(-c7cccc8c7oc7ccccc78)cc6)ccc5c5sc6ccccc6c45)c3)n2)cc1. The lowest BCUT2D eigenvalue weighted by Crippen LogP contribution is -2.00. The minimum absolute atomic E-state index is 0.610. The Kier molecular flexibility index (Phi) is 7.96. The maximum absolute atomic E-state index is 6.37. The van der Waals surface area contributed by atoms with E-state index in [2.05, 4.69) is 121 Å². The highest BCUT2D eigenvalue weighted by Crippen LogP contribution is 2.44. The third-order valence-electron chi connectivity index (χ3n) is 11.3. The van der Waals surface area contributed by atoms with Crippen LogP contribution >= 0.6 is 11.3 Å². The number of pyridine rings is 1. The number of thiophene rings is 1. The maximum Gasteiger partial charge on any atom is 0.164 e.